The number of thioether (sulfide) groups is 1. The summed E-state index contributed by atoms with van der Waals surface area (Å²) >= 11 is 4.25. The molecule has 1 fully saturated rings. The largest absolute Gasteiger partial charge is 0.491 e. The second kappa shape index (κ2) is 11.4. The van der Waals surface area contributed by atoms with E-state index in [4.69, 9.17) is 14.2 Å². The summed E-state index contributed by atoms with van der Waals surface area (Å²) in [6.45, 7) is 5.97. The number of rotatable bonds is 9. The Hall–Kier alpha value is -2.78. The summed E-state index contributed by atoms with van der Waals surface area (Å²) in [4.78, 5) is 38.4. The first-order valence-corrected chi connectivity index (χ1v) is 11.9. The van der Waals surface area contributed by atoms with Crippen LogP contribution in [0.4, 0.5) is 4.79 Å². The number of amides is 2. The predicted molar refractivity (Wildman–Crippen MR) is 130 cm³/mol. The van der Waals surface area contributed by atoms with E-state index in [0.29, 0.717) is 11.3 Å². The smallest absolute Gasteiger partial charge is 0.344 e. The SMILES string of the molecule is CCOC(=O)COc1ccc(Br)cc1/C=C1\SC(=O)N(CCOc2cc(C)ccc2C)C1=O. The third kappa shape index (κ3) is 6.61. The van der Waals surface area contributed by atoms with Crippen LogP contribution < -0.4 is 9.47 Å². The maximum Gasteiger partial charge on any atom is 0.344 e. The van der Waals surface area contributed by atoms with Gasteiger partial charge in [0, 0.05) is 10.0 Å². The van der Waals surface area contributed by atoms with Crippen molar-refractivity contribution in [1.82, 2.24) is 4.90 Å². The molecule has 0 radical (unpaired) electrons. The van der Waals surface area contributed by atoms with Crippen molar-refractivity contribution >= 4 is 50.9 Å². The summed E-state index contributed by atoms with van der Waals surface area (Å²) < 4.78 is 17.0. The van der Waals surface area contributed by atoms with Crippen molar-refractivity contribution in [3.63, 3.8) is 0 Å². The van der Waals surface area contributed by atoms with Crippen LogP contribution in [0.25, 0.3) is 6.08 Å². The number of hydrogen-bond acceptors (Lipinski definition) is 7. The normalized spacial score (nSPS) is 14.7. The van der Waals surface area contributed by atoms with Crippen molar-refractivity contribution in [2.24, 2.45) is 0 Å². The van der Waals surface area contributed by atoms with Crippen molar-refractivity contribution in [3.05, 3.63) is 62.5 Å². The molecule has 0 bridgehead atoms. The number of carbonyl (C=O) groups is 3. The lowest BCUT2D eigenvalue weighted by molar-refractivity contribution is -0.145. The second-order valence-corrected chi connectivity index (χ2v) is 9.14. The molecule has 0 unspecified atom stereocenters. The van der Waals surface area contributed by atoms with E-state index in [1.807, 2.05) is 32.0 Å². The van der Waals surface area contributed by atoms with E-state index in [1.54, 1.807) is 31.2 Å². The van der Waals surface area contributed by atoms with Crippen LogP contribution in [0.5, 0.6) is 11.5 Å². The van der Waals surface area contributed by atoms with Gasteiger partial charge in [-0.25, -0.2) is 4.79 Å². The Labute approximate surface area is 205 Å². The molecule has 0 spiro atoms. The molecular weight excluding hydrogens is 510 g/mol. The highest BCUT2D eigenvalue weighted by Crippen LogP contribution is 2.35. The molecule has 0 aromatic heterocycles. The summed E-state index contributed by atoms with van der Waals surface area (Å²) in [6.07, 6.45) is 1.59. The van der Waals surface area contributed by atoms with E-state index in [0.717, 1.165) is 33.1 Å². The molecule has 2 aromatic carbocycles. The standard InChI is InChI=1S/C24H24BrNO6S/c1-4-30-22(27)14-32-19-8-7-18(25)12-17(19)13-21-23(28)26(24(29)33-21)9-10-31-20-11-15(2)5-6-16(20)3/h5-8,11-13H,4,9-10,14H2,1-3H3/b21-13-. The fourth-order valence-electron chi connectivity index (χ4n) is 3.05. The molecular formula is C24H24BrNO6S. The first-order chi connectivity index (χ1) is 15.8. The number of benzene rings is 2. The van der Waals surface area contributed by atoms with Crippen molar-refractivity contribution in [2.75, 3.05) is 26.4 Å². The molecule has 33 heavy (non-hydrogen) atoms. The Morgan fingerprint density at radius 2 is 1.88 bits per heavy atom. The molecule has 0 saturated carbocycles. The van der Waals surface area contributed by atoms with Gasteiger partial charge in [0.05, 0.1) is 18.1 Å². The van der Waals surface area contributed by atoms with Gasteiger partial charge in [-0.05, 0) is 74.0 Å². The lowest BCUT2D eigenvalue weighted by Crippen LogP contribution is -2.32. The summed E-state index contributed by atoms with van der Waals surface area (Å²) in [6, 6.07) is 11.1. The minimum absolute atomic E-state index is 0.139. The Balaban J connectivity index is 1.69. The Morgan fingerprint density at radius 3 is 2.64 bits per heavy atom. The van der Waals surface area contributed by atoms with E-state index >= 15 is 0 Å². The maximum absolute atomic E-state index is 12.9. The number of carbonyl (C=O) groups excluding carboxylic acids is 3. The Morgan fingerprint density at radius 1 is 1.09 bits per heavy atom. The van der Waals surface area contributed by atoms with Crippen LogP contribution in [0.2, 0.25) is 0 Å². The summed E-state index contributed by atoms with van der Waals surface area (Å²) in [5.41, 5.74) is 2.62. The highest BCUT2D eigenvalue weighted by molar-refractivity contribution is 9.10. The van der Waals surface area contributed by atoms with Gasteiger partial charge in [0.2, 0.25) is 0 Å². The molecule has 174 valence electrons. The monoisotopic (exact) mass is 533 g/mol. The number of esters is 1. The van der Waals surface area contributed by atoms with Gasteiger partial charge in [-0.3, -0.25) is 14.5 Å². The quantitative estimate of drug-likeness (QED) is 0.326. The second-order valence-electron chi connectivity index (χ2n) is 7.23. The van der Waals surface area contributed by atoms with Crippen LogP contribution in [0.15, 0.2) is 45.8 Å². The predicted octanol–water partition coefficient (Wildman–Crippen LogP) is 5.12. The molecule has 1 aliphatic heterocycles. The van der Waals surface area contributed by atoms with Crippen LogP contribution in [-0.2, 0) is 14.3 Å². The zero-order valence-electron chi connectivity index (χ0n) is 18.6. The topological polar surface area (TPSA) is 82.1 Å². The van der Waals surface area contributed by atoms with Gasteiger partial charge in [0.15, 0.2) is 6.61 Å². The summed E-state index contributed by atoms with van der Waals surface area (Å²) in [5.74, 6) is 0.243. The average molecular weight is 534 g/mol. The molecule has 3 rings (SSSR count). The molecule has 1 aliphatic rings. The molecule has 2 amide bonds. The van der Waals surface area contributed by atoms with Crippen molar-refractivity contribution in [1.29, 1.82) is 0 Å². The molecule has 7 nitrogen and oxygen atoms in total. The minimum Gasteiger partial charge on any atom is -0.491 e. The zero-order chi connectivity index (χ0) is 24.0. The lowest BCUT2D eigenvalue weighted by Gasteiger charge is -2.14. The van der Waals surface area contributed by atoms with Gasteiger partial charge in [0.25, 0.3) is 11.1 Å². The fourth-order valence-corrected chi connectivity index (χ4v) is 4.28. The van der Waals surface area contributed by atoms with Crippen molar-refractivity contribution in [2.45, 2.75) is 20.8 Å². The van der Waals surface area contributed by atoms with E-state index in [1.165, 1.54) is 4.90 Å². The zero-order valence-corrected chi connectivity index (χ0v) is 21.0. The molecule has 2 aromatic rings. The van der Waals surface area contributed by atoms with E-state index in [-0.39, 0.29) is 36.5 Å². The Kier molecular flexibility index (Phi) is 8.57. The number of ether oxygens (including phenoxy) is 3. The van der Waals surface area contributed by atoms with Crippen LogP contribution in [0.3, 0.4) is 0 Å². The summed E-state index contributed by atoms with van der Waals surface area (Å²) in [7, 11) is 0. The molecule has 1 saturated heterocycles. The number of halogens is 1. The number of aryl methyl sites for hydroxylation is 2. The first kappa shape index (κ1) is 24.9. The highest BCUT2D eigenvalue weighted by atomic mass is 79.9. The van der Waals surface area contributed by atoms with E-state index < -0.39 is 11.9 Å². The highest BCUT2D eigenvalue weighted by Gasteiger charge is 2.35. The van der Waals surface area contributed by atoms with Crippen LogP contribution >= 0.6 is 27.7 Å². The van der Waals surface area contributed by atoms with Crippen molar-refractivity contribution in [3.8, 4) is 11.5 Å². The summed E-state index contributed by atoms with van der Waals surface area (Å²) in [5, 5.41) is -0.361. The average Bonchev–Trinajstić information content (AvgIpc) is 3.03. The van der Waals surface area contributed by atoms with Gasteiger partial charge in [-0.15, -0.1) is 0 Å². The van der Waals surface area contributed by atoms with Gasteiger partial charge in [-0.2, -0.15) is 0 Å². The maximum atomic E-state index is 12.9. The van der Waals surface area contributed by atoms with Gasteiger partial charge >= 0.3 is 5.97 Å². The van der Waals surface area contributed by atoms with Crippen LogP contribution in [-0.4, -0.2) is 48.4 Å². The van der Waals surface area contributed by atoms with Gasteiger partial charge in [-0.1, -0.05) is 28.1 Å². The minimum atomic E-state index is -0.490. The van der Waals surface area contributed by atoms with E-state index in [2.05, 4.69) is 15.9 Å². The third-order valence-electron chi connectivity index (χ3n) is 4.70. The van der Waals surface area contributed by atoms with Crippen LogP contribution in [0.1, 0.15) is 23.6 Å². The Bertz CT molecular complexity index is 1100. The first-order valence-electron chi connectivity index (χ1n) is 10.3. The number of imide groups is 1. The molecule has 0 atom stereocenters. The van der Waals surface area contributed by atoms with E-state index in [9.17, 15) is 14.4 Å². The lowest BCUT2D eigenvalue weighted by atomic mass is 10.1. The van der Waals surface area contributed by atoms with Crippen LogP contribution in [0, 0.1) is 13.8 Å². The van der Waals surface area contributed by atoms with Crippen molar-refractivity contribution < 1.29 is 28.6 Å². The molecule has 1 heterocycles. The number of nitrogens with zero attached hydrogens (tertiary/aromatic N) is 1. The number of hydrogen-bond donors (Lipinski definition) is 0. The molecule has 9 heteroatoms. The molecule has 0 aliphatic carbocycles. The fraction of sp³-hybridized carbons (Fsp3) is 0.292. The molecule has 0 N–H and O–H groups in total. The van der Waals surface area contributed by atoms with Gasteiger partial charge < -0.3 is 14.2 Å². The third-order valence-corrected chi connectivity index (χ3v) is 6.10. The van der Waals surface area contributed by atoms with Gasteiger partial charge in [0.1, 0.15) is 18.1 Å².